The third-order valence-electron chi connectivity index (χ3n) is 3.56. The standard InChI is InChI=1S/C17H20N2O5S/c1-11-10-25-17(22)19(11)9-8-15(20)24-12(2)16(21)18-13-6-4-5-7-14(13)23-3/h4-7,10,12H,8-9H2,1-3H3,(H,18,21)/t12-/m1/s1. The van der Waals surface area contributed by atoms with Crippen LogP contribution in [0, 0.1) is 6.92 Å². The smallest absolute Gasteiger partial charge is 0.308 e. The van der Waals surface area contributed by atoms with Gasteiger partial charge in [-0.1, -0.05) is 23.5 Å². The maximum atomic E-state index is 12.2. The van der Waals surface area contributed by atoms with Gasteiger partial charge in [0.25, 0.3) is 5.91 Å². The summed E-state index contributed by atoms with van der Waals surface area (Å²) in [4.78, 5) is 35.6. The first-order chi connectivity index (χ1) is 11.9. The number of aryl methyl sites for hydroxylation is 1. The molecule has 0 radical (unpaired) electrons. The predicted molar refractivity (Wildman–Crippen MR) is 95.1 cm³/mol. The summed E-state index contributed by atoms with van der Waals surface area (Å²) in [5.74, 6) is -0.483. The first-order valence-electron chi connectivity index (χ1n) is 7.70. The van der Waals surface area contributed by atoms with Gasteiger partial charge in [0, 0.05) is 17.6 Å². The number of methoxy groups -OCH3 is 1. The van der Waals surface area contributed by atoms with Crippen molar-refractivity contribution in [2.45, 2.75) is 32.9 Å². The molecule has 0 aliphatic rings. The van der Waals surface area contributed by atoms with E-state index < -0.39 is 18.0 Å². The highest BCUT2D eigenvalue weighted by molar-refractivity contribution is 7.07. The Morgan fingerprint density at radius 2 is 2.04 bits per heavy atom. The number of carbonyl (C=O) groups is 2. The predicted octanol–water partition coefficient (Wildman–Crippen LogP) is 2.19. The van der Waals surface area contributed by atoms with E-state index in [1.54, 1.807) is 36.6 Å². The van der Waals surface area contributed by atoms with Gasteiger partial charge >= 0.3 is 10.8 Å². The quantitative estimate of drug-likeness (QED) is 0.761. The molecule has 0 bridgehead atoms. The van der Waals surface area contributed by atoms with Crippen LogP contribution in [0.25, 0.3) is 0 Å². The number of anilines is 1. The zero-order valence-corrected chi connectivity index (χ0v) is 15.1. The number of para-hydroxylation sites is 2. The molecule has 8 heteroatoms. The summed E-state index contributed by atoms with van der Waals surface area (Å²) in [7, 11) is 1.50. The van der Waals surface area contributed by atoms with Gasteiger partial charge in [0.15, 0.2) is 6.10 Å². The average molecular weight is 364 g/mol. The maximum Gasteiger partial charge on any atom is 0.308 e. The average Bonchev–Trinajstić information content (AvgIpc) is 2.91. The van der Waals surface area contributed by atoms with E-state index in [2.05, 4.69) is 5.32 Å². The lowest BCUT2D eigenvalue weighted by Crippen LogP contribution is -2.30. The van der Waals surface area contributed by atoms with Gasteiger partial charge in [0.1, 0.15) is 5.75 Å². The summed E-state index contributed by atoms with van der Waals surface area (Å²) in [5, 5.41) is 4.39. The molecular formula is C17H20N2O5S. The van der Waals surface area contributed by atoms with E-state index in [0.717, 1.165) is 17.0 Å². The van der Waals surface area contributed by atoms with Crippen molar-refractivity contribution in [2.24, 2.45) is 0 Å². The van der Waals surface area contributed by atoms with Crippen molar-refractivity contribution >= 4 is 28.9 Å². The van der Waals surface area contributed by atoms with Gasteiger partial charge < -0.3 is 19.4 Å². The number of benzene rings is 1. The van der Waals surface area contributed by atoms with E-state index in [4.69, 9.17) is 9.47 Å². The lowest BCUT2D eigenvalue weighted by atomic mass is 10.2. The van der Waals surface area contributed by atoms with Crippen LogP contribution in [0.1, 0.15) is 19.0 Å². The second-order valence-corrected chi connectivity index (χ2v) is 6.19. The van der Waals surface area contributed by atoms with Gasteiger partial charge in [0.05, 0.1) is 19.2 Å². The highest BCUT2D eigenvalue weighted by atomic mass is 32.1. The number of rotatable bonds is 7. The van der Waals surface area contributed by atoms with Gasteiger partial charge in [-0.25, -0.2) is 0 Å². The SMILES string of the molecule is COc1ccccc1NC(=O)[C@@H](C)OC(=O)CCn1c(C)csc1=O. The van der Waals surface area contributed by atoms with Gasteiger partial charge in [-0.3, -0.25) is 14.4 Å². The normalized spacial score (nSPS) is 11.6. The molecule has 0 aliphatic carbocycles. The van der Waals surface area contributed by atoms with Crippen LogP contribution in [0.4, 0.5) is 5.69 Å². The fourth-order valence-electron chi connectivity index (χ4n) is 2.17. The number of amides is 1. The molecule has 1 amide bonds. The van der Waals surface area contributed by atoms with E-state index in [9.17, 15) is 14.4 Å². The van der Waals surface area contributed by atoms with Crippen LogP contribution in [0.5, 0.6) is 5.75 Å². The highest BCUT2D eigenvalue weighted by Crippen LogP contribution is 2.23. The zero-order chi connectivity index (χ0) is 18.4. The number of nitrogens with zero attached hydrogens (tertiary/aromatic N) is 1. The van der Waals surface area contributed by atoms with E-state index in [0.29, 0.717) is 11.4 Å². The molecule has 0 fully saturated rings. The fraction of sp³-hybridized carbons (Fsp3) is 0.353. The van der Waals surface area contributed by atoms with Crippen molar-refractivity contribution in [3.63, 3.8) is 0 Å². The van der Waals surface area contributed by atoms with Crippen molar-refractivity contribution in [3.05, 3.63) is 45.0 Å². The second kappa shape index (κ2) is 8.48. The van der Waals surface area contributed by atoms with Crippen molar-refractivity contribution in [1.82, 2.24) is 4.57 Å². The zero-order valence-electron chi connectivity index (χ0n) is 14.3. The molecule has 1 aromatic heterocycles. The molecule has 1 atom stereocenters. The largest absolute Gasteiger partial charge is 0.495 e. The molecule has 7 nitrogen and oxygen atoms in total. The molecule has 2 rings (SSSR count). The van der Waals surface area contributed by atoms with Crippen molar-refractivity contribution in [3.8, 4) is 5.75 Å². The van der Waals surface area contributed by atoms with Crippen LogP contribution in [-0.2, 0) is 20.9 Å². The molecule has 0 saturated heterocycles. The number of thiazole rings is 1. The number of hydrogen-bond donors (Lipinski definition) is 1. The van der Waals surface area contributed by atoms with Gasteiger partial charge in [-0.2, -0.15) is 0 Å². The Morgan fingerprint density at radius 3 is 2.68 bits per heavy atom. The van der Waals surface area contributed by atoms with Crippen molar-refractivity contribution in [2.75, 3.05) is 12.4 Å². The Labute approximate surface area is 149 Å². The molecule has 2 aromatic rings. The number of esters is 1. The van der Waals surface area contributed by atoms with Crippen LogP contribution >= 0.6 is 11.3 Å². The summed E-state index contributed by atoms with van der Waals surface area (Å²) in [6.07, 6.45) is -0.943. The van der Waals surface area contributed by atoms with Crippen LogP contribution in [0.15, 0.2) is 34.4 Å². The van der Waals surface area contributed by atoms with Crippen LogP contribution < -0.4 is 14.9 Å². The number of hydrogen-bond acceptors (Lipinski definition) is 6. The molecule has 0 saturated carbocycles. The number of ether oxygens (including phenoxy) is 2. The molecule has 0 aliphatic heterocycles. The summed E-state index contributed by atoms with van der Waals surface area (Å²) in [5.41, 5.74) is 1.29. The van der Waals surface area contributed by atoms with Crippen LogP contribution in [0.3, 0.4) is 0 Å². The number of aromatic nitrogens is 1. The number of carbonyl (C=O) groups excluding carboxylic acids is 2. The molecule has 1 N–H and O–H groups in total. The summed E-state index contributed by atoms with van der Waals surface area (Å²) in [6.45, 7) is 3.52. The Balaban J connectivity index is 1.88. The minimum atomic E-state index is -0.960. The third kappa shape index (κ3) is 4.93. The summed E-state index contributed by atoms with van der Waals surface area (Å²) < 4.78 is 11.8. The lowest BCUT2D eigenvalue weighted by Gasteiger charge is -2.15. The molecule has 0 spiro atoms. The van der Waals surface area contributed by atoms with E-state index in [1.807, 2.05) is 0 Å². The molecule has 1 aromatic carbocycles. The lowest BCUT2D eigenvalue weighted by molar-refractivity contribution is -0.153. The molecule has 0 unspecified atom stereocenters. The highest BCUT2D eigenvalue weighted by Gasteiger charge is 2.19. The van der Waals surface area contributed by atoms with Crippen LogP contribution in [-0.4, -0.2) is 29.7 Å². The Hall–Kier alpha value is -2.61. The Bertz CT molecular complexity index is 811. The number of nitrogens with one attached hydrogen (secondary N) is 1. The first-order valence-corrected chi connectivity index (χ1v) is 8.58. The minimum absolute atomic E-state index is 0.0176. The van der Waals surface area contributed by atoms with E-state index >= 15 is 0 Å². The molecule has 134 valence electrons. The molecule has 1 heterocycles. The monoisotopic (exact) mass is 364 g/mol. The second-order valence-electron chi connectivity index (χ2n) is 5.37. The Morgan fingerprint density at radius 1 is 1.32 bits per heavy atom. The third-order valence-corrected chi connectivity index (χ3v) is 4.44. The summed E-state index contributed by atoms with van der Waals surface area (Å²) >= 11 is 1.09. The molecular weight excluding hydrogens is 344 g/mol. The first kappa shape index (κ1) is 18.7. The van der Waals surface area contributed by atoms with E-state index in [-0.39, 0.29) is 17.8 Å². The van der Waals surface area contributed by atoms with Gasteiger partial charge in [-0.15, -0.1) is 0 Å². The topological polar surface area (TPSA) is 86.6 Å². The van der Waals surface area contributed by atoms with Gasteiger partial charge in [0.2, 0.25) is 0 Å². The maximum absolute atomic E-state index is 12.2. The van der Waals surface area contributed by atoms with Gasteiger partial charge in [-0.05, 0) is 26.0 Å². The fourth-order valence-corrected chi connectivity index (χ4v) is 2.93. The molecule has 25 heavy (non-hydrogen) atoms. The minimum Gasteiger partial charge on any atom is -0.495 e. The van der Waals surface area contributed by atoms with Crippen molar-refractivity contribution in [1.29, 1.82) is 0 Å². The Kier molecular flexibility index (Phi) is 6.35. The van der Waals surface area contributed by atoms with Crippen LogP contribution in [0.2, 0.25) is 0 Å². The summed E-state index contributed by atoms with van der Waals surface area (Å²) in [6, 6.07) is 6.95. The van der Waals surface area contributed by atoms with E-state index in [1.165, 1.54) is 18.6 Å². The van der Waals surface area contributed by atoms with Crippen molar-refractivity contribution < 1.29 is 19.1 Å².